The third-order valence-corrected chi connectivity index (χ3v) is 1.96. The van der Waals surface area contributed by atoms with Gasteiger partial charge in [0, 0.05) is 19.2 Å². The van der Waals surface area contributed by atoms with Crippen LogP contribution in [0.5, 0.6) is 0 Å². The molecule has 1 amide bonds. The normalized spacial score (nSPS) is 9.60. The lowest BCUT2D eigenvalue weighted by atomic mass is 10.2. The van der Waals surface area contributed by atoms with Crippen molar-refractivity contribution in [3.05, 3.63) is 23.9 Å². The monoisotopic (exact) mass is 224 g/mol. The van der Waals surface area contributed by atoms with Crippen molar-refractivity contribution >= 4 is 28.9 Å². The number of carbonyl (C=O) groups is 1. The molecule has 0 aliphatic rings. The van der Waals surface area contributed by atoms with Crippen LogP contribution in [0.3, 0.4) is 0 Å². The van der Waals surface area contributed by atoms with Crippen LogP contribution in [0.1, 0.15) is 12.0 Å². The van der Waals surface area contributed by atoms with Crippen LogP contribution in [0.2, 0.25) is 0 Å². The van der Waals surface area contributed by atoms with Crippen LogP contribution in [0, 0.1) is 0 Å². The molecule has 1 heterocycles. The van der Waals surface area contributed by atoms with Gasteiger partial charge in [-0.05, 0) is 12.1 Å². The Morgan fingerprint density at radius 1 is 1.53 bits per heavy atom. The number of anilines is 1. The molecule has 0 spiro atoms. The molecule has 1 aromatic rings. The highest BCUT2D eigenvalue weighted by atomic mass is 32.1. The number of hydrogen-bond donors (Lipinski definition) is 3. The van der Waals surface area contributed by atoms with Crippen LogP contribution in [0.15, 0.2) is 18.3 Å². The highest BCUT2D eigenvalue weighted by molar-refractivity contribution is 7.80. The predicted molar refractivity (Wildman–Crippen MR) is 62.4 cm³/mol. The van der Waals surface area contributed by atoms with E-state index in [0.29, 0.717) is 17.9 Å². The molecule has 0 bridgehead atoms. The summed E-state index contributed by atoms with van der Waals surface area (Å²) < 4.78 is 0. The van der Waals surface area contributed by atoms with Crippen LogP contribution >= 0.6 is 12.2 Å². The fourth-order valence-corrected chi connectivity index (χ4v) is 1.21. The average Bonchev–Trinajstić information content (AvgIpc) is 2.17. The first-order valence-corrected chi connectivity index (χ1v) is 4.79. The van der Waals surface area contributed by atoms with Gasteiger partial charge in [0.25, 0.3) is 0 Å². The number of nitrogens with one attached hydrogen (secondary N) is 1. The first-order chi connectivity index (χ1) is 7.11. The molecule has 80 valence electrons. The maximum absolute atomic E-state index is 10.5. The first kappa shape index (κ1) is 11.4. The predicted octanol–water partition coefficient (Wildman–Crippen LogP) is 0.00310. The number of aromatic nitrogens is 1. The molecule has 0 aliphatic heterocycles. The molecule has 0 saturated carbocycles. The van der Waals surface area contributed by atoms with Crippen molar-refractivity contribution in [1.82, 2.24) is 4.98 Å². The summed E-state index contributed by atoms with van der Waals surface area (Å²) in [6.45, 7) is 0.419. The Bertz CT molecular complexity index is 380. The topological polar surface area (TPSA) is 94.0 Å². The number of hydrogen-bond acceptors (Lipinski definition) is 4. The maximum Gasteiger partial charge on any atom is 0.219 e. The van der Waals surface area contributed by atoms with E-state index in [9.17, 15) is 4.79 Å². The SMILES string of the molecule is NC(=O)CCNc1ncccc1C(N)=S. The molecule has 15 heavy (non-hydrogen) atoms. The number of carbonyl (C=O) groups excluding carboxylic acids is 1. The highest BCUT2D eigenvalue weighted by Crippen LogP contribution is 2.10. The smallest absolute Gasteiger partial charge is 0.219 e. The minimum atomic E-state index is -0.365. The molecule has 0 atom stereocenters. The van der Waals surface area contributed by atoms with Gasteiger partial charge in [0.2, 0.25) is 5.91 Å². The molecular formula is C9H12N4OS. The van der Waals surface area contributed by atoms with Crippen LogP contribution in [0.25, 0.3) is 0 Å². The minimum absolute atomic E-state index is 0.243. The van der Waals surface area contributed by atoms with E-state index in [1.54, 1.807) is 18.3 Å². The largest absolute Gasteiger partial charge is 0.389 e. The van der Waals surface area contributed by atoms with Crippen molar-refractivity contribution in [2.75, 3.05) is 11.9 Å². The fourth-order valence-electron chi connectivity index (χ4n) is 1.05. The lowest BCUT2D eigenvalue weighted by Crippen LogP contribution is -2.18. The number of primary amides is 1. The van der Waals surface area contributed by atoms with Gasteiger partial charge in [-0.2, -0.15) is 0 Å². The van der Waals surface area contributed by atoms with Gasteiger partial charge in [-0.3, -0.25) is 4.79 Å². The second-order valence-electron chi connectivity index (χ2n) is 2.91. The van der Waals surface area contributed by atoms with Crippen LogP contribution in [-0.4, -0.2) is 22.4 Å². The maximum atomic E-state index is 10.5. The zero-order chi connectivity index (χ0) is 11.3. The highest BCUT2D eigenvalue weighted by Gasteiger charge is 2.05. The molecule has 0 saturated heterocycles. The van der Waals surface area contributed by atoms with Crippen molar-refractivity contribution in [2.45, 2.75) is 6.42 Å². The number of amides is 1. The molecule has 0 radical (unpaired) electrons. The third-order valence-electron chi connectivity index (χ3n) is 1.74. The van der Waals surface area contributed by atoms with Crippen LogP contribution in [0.4, 0.5) is 5.82 Å². The molecule has 6 heteroatoms. The quantitative estimate of drug-likeness (QED) is 0.612. The summed E-state index contributed by atoms with van der Waals surface area (Å²) >= 11 is 4.86. The van der Waals surface area contributed by atoms with Gasteiger partial charge >= 0.3 is 0 Å². The lowest BCUT2D eigenvalue weighted by Gasteiger charge is -2.08. The summed E-state index contributed by atoms with van der Waals surface area (Å²) in [6.07, 6.45) is 1.86. The Morgan fingerprint density at radius 2 is 2.27 bits per heavy atom. The van der Waals surface area contributed by atoms with E-state index in [0.717, 1.165) is 0 Å². The number of nitrogens with zero attached hydrogens (tertiary/aromatic N) is 1. The summed E-state index contributed by atoms with van der Waals surface area (Å²) in [5.74, 6) is 0.210. The molecule has 5 nitrogen and oxygen atoms in total. The summed E-state index contributed by atoms with van der Waals surface area (Å²) in [5.41, 5.74) is 11.2. The van der Waals surface area contributed by atoms with Gasteiger partial charge in [-0.15, -0.1) is 0 Å². The van der Waals surface area contributed by atoms with E-state index < -0.39 is 0 Å². The second kappa shape index (κ2) is 5.26. The van der Waals surface area contributed by atoms with Crippen molar-refractivity contribution in [3.63, 3.8) is 0 Å². The summed E-state index contributed by atoms with van der Waals surface area (Å²) in [4.78, 5) is 14.9. The van der Waals surface area contributed by atoms with Gasteiger partial charge < -0.3 is 16.8 Å². The fraction of sp³-hybridized carbons (Fsp3) is 0.222. The lowest BCUT2D eigenvalue weighted by molar-refractivity contribution is -0.117. The Labute approximate surface area is 92.9 Å². The van der Waals surface area contributed by atoms with Gasteiger partial charge in [0.15, 0.2) is 0 Å². The van der Waals surface area contributed by atoms with Crippen LogP contribution < -0.4 is 16.8 Å². The number of nitrogens with two attached hydrogens (primary N) is 2. The van der Waals surface area contributed by atoms with E-state index in [1.807, 2.05) is 0 Å². The number of thiocarbonyl (C=S) groups is 1. The van der Waals surface area contributed by atoms with E-state index in [-0.39, 0.29) is 17.3 Å². The molecule has 0 aliphatic carbocycles. The molecule has 0 aromatic carbocycles. The zero-order valence-electron chi connectivity index (χ0n) is 8.06. The molecule has 0 unspecified atom stereocenters. The third kappa shape index (κ3) is 3.51. The van der Waals surface area contributed by atoms with Crippen molar-refractivity contribution < 1.29 is 4.79 Å². The second-order valence-corrected chi connectivity index (χ2v) is 3.35. The van der Waals surface area contributed by atoms with Gasteiger partial charge in [0.05, 0.1) is 5.56 Å². The summed E-state index contributed by atoms with van der Waals surface area (Å²) in [5, 5.41) is 2.95. The van der Waals surface area contributed by atoms with Crippen molar-refractivity contribution in [2.24, 2.45) is 11.5 Å². The summed E-state index contributed by atoms with van der Waals surface area (Å²) in [7, 11) is 0. The minimum Gasteiger partial charge on any atom is -0.389 e. The van der Waals surface area contributed by atoms with E-state index in [1.165, 1.54) is 0 Å². The molecular weight excluding hydrogens is 212 g/mol. The van der Waals surface area contributed by atoms with Gasteiger partial charge in [-0.1, -0.05) is 12.2 Å². The molecule has 1 rings (SSSR count). The van der Waals surface area contributed by atoms with E-state index in [2.05, 4.69) is 10.3 Å². The first-order valence-electron chi connectivity index (χ1n) is 4.38. The molecule has 5 N–H and O–H groups in total. The summed E-state index contributed by atoms with van der Waals surface area (Å²) in [6, 6.07) is 3.51. The van der Waals surface area contributed by atoms with E-state index >= 15 is 0 Å². The Morgan fingerprint density at radius 3 is 2.87 bits per heavy atom. The Kier molecular flexibility index (Phi) is 3.99. The van der Waals surface area contributed by atoms with Crippen molar-refractivity contribution in [3.8, 4) is 0 Å². The Hall–Kier alpha value is -1.69. The molecule has 0 fully saturated rings. The van der Waals surface area contributed by atoms with Crippen molar-refractivity contribution in [1.29, 1.82) is 0 Å². The number of rotatable bonds is 5. The average molecular weight is 224 g/mol. The zero-order valence-corrected chi connectivity index (χ0v) is 8.88. The van der Waals surface area contributed by atoms with E-state index in [4.69, 9.17) is 23.7 Å². The number of pyridine rings is 1. The van der Waals surface area contributed by atoms with Gasteiger partial charge in [-0.25, -0.2) is 4.98 Å². The molecule has 1 aromatic heterocycles. The standard InChI is InChI=1S/C9H12N4OS/c10-7(14)3-5-13-9-6(8(11)15)2-1-4-12-9/h1-2,4H,3,5H2,(H2,10,14)(H2,11,15)(H,12,13). The van der Waals surface area contributed by atoms with Gasteiger partial charge in [0.1, 0.15) is 10.8 Å². The van der Waals surface area contributed by atoms with Crippen LogP contribution in [-0.2, 0) is 4.79 Å². The Balaban J connectivity index is 2.67.